The first kappa shape index (κ1) is 23.4. The summed E-state index contributed by atoms with van der Waals surface area (Å²) in [6, 6.07) is 3.87. The van der Waals surface area contributed by atoms with Crippen molar-refractivity contribution in [1.82, 2.24) is 0 Å². The standard InChI is InChI=1S/C15H14O6.C5H9NO2/c1-8-9(13(18)19)4-3-7-15(8,14(20)21)12-10(16)5-2-6-11(12)17;1-4(2)6-8-5(3)7/h2-8,16-17H,1H3,(H,18,19)(H,20,21);1-3H3. The number of oxime groups is 1. The number of aromatic hydroxyl groups is 2. The highest BCUT2D eigenvalue weighted by atomic mass is 16.7. The van der Waals surface area contributed by atoms with Crippen LogP contribution in [0, 0.1) is 5.92 Å². The smallest absolute Gasteiger partial charge is 0.331 e. The summed E-state index contributed by atoms with van der Waals surface area (Å²) >= 11 is 0. The lowest BCUT2D eigenvalue weighted by Crippen LogP contribution is -2.43. The first-order valence-corrected chi connectivity index (χ1v) is 8.51. The Bertz CT molecular complexity index is 875. The third-order valence-electron chi connectivity index (χ3n) is 4.18. The number of phenols is 2. The molecule has 9 nitrogen and oxygen atoms in total. The summed E-state index contributed by atoms with van der Waals surface area (Å²) in [5.41, 5.74) is -1.44. The van der Waals surface area contributed by atoms with Crippen LogP contribution in [0.5, 0.6) is 11.5 Å². The van der Waals surface area contributed by atoms with Gasteiger partial charge in [0, 0.05) is 18.4 Å². The molecule has 2 unspecified atom stereocenters. The lowest BCUT2D eigenvalue weighted by Gasteiger charge is -2.35. The van der Waals surface area contributed by atoms with Gasteiger partial charge in [-0.05, 0) is 26.0 Å². The van der Waals surface area contributed by atoms with Gasteiger partial charge >= 0.3 is 17.9 Å². The molecule has 1 aliphatic carbocycles. The lowest BCUT2D eigenvalue weighted by molar-refractivity contribution is -0.144. The Kier molecular flexibility index (Phi) is 7.70. The maximum Gasteiger partial charge on any atom is 0.331 e. The molecular weight excluding hydrogens is 382 g/mol. The minimum Gasteiger partial charge on any atom is -0.507 e. The molecule has 0 spiro atoms. The van der Waals surface area contributed by atoms with E-state index in [2.05, 4.69) is 9.99 Å². The number of carbonyl (C=O) groups is 3. The molecule has 0 fully saturated rings. The second kappa shape index (κ2) is 9.54. The van der Waals surface area contributed by atoms with E-state index in [9.17, 15) is 34.8 Å². The highest BCUT2D eigenvalue weighted by molar-refractivity contribution is 5.94. The van der Waals surface area contributed by atoms with E-state index >= 15 is 0 Å². The van der Waals surface area contributed by atoms with Crippen molar-refractivity contribution in [1.29, 1.82) is 0 Å². The number of benzene rings is 1. The van der Waals surface area contributed by atoms with Crippen molar-refractivity contribution in [2.45, 2.75) is 33.1 Å². The van der Waals surface area contributed by atoms with Gasteiger partial charge in [0.25, 0.3) is 0 Å². The highest BCUT2D eigenvalue weighted by Gasteiger charge is 2.50. The number of carboxylic acid groups (broad SMARTS) is 2. The van der Waals surface area contributed by atoms with Crippen LogP contribution in [0.3, 0.4) is 0 Å². The summed E-state index contributed by atoms with van der Waals surface area (Å²) in [5, 5.41) is 42.2. The molecule has 0 aromatic heterocycles. The van der Waals surface area contributed by atoms with Gasteiger partial charge in [-0.2, -0.15) is 0 Å². The zero-order chi connectivity index (χ0) is 22.4. The minimum atomic E-state index is -1.85. The number of allylic oxidation sites excluding steroid dienone is 2. The normalized spacial score (nSPS) is 19.9. The van der Waals surface area contributed by atoms with Crippen molar-refractivity contribution in [3.8, 4) is 11.5 Å². The van der Waals surface area contributed by atoms with E-state index in [1.54, 1.807) is 13.8 Å². The van der Waals surface area contributed by atoms with Crippen LogP contribution in [0.1, 0.15) is 33.3 Å². The van der Waals surface area contributed by atoms with E-state index in [0.717, 1.165) is 5.71 Å². The maximum absolute atomic E-state index is 11.9. The minimum absolute atomic E-state index is 0.109. The maximum atomic E-state index is 11.9. The molecule has 0 radical (unpaired) electrons. The van der Waals surface area contributed by atoms with Crippen molar-refractivity contribution in [3.05, 3.63) is 47.6 Å². The SMILES string of the molecule is CC(=O)ON=C(C)C.CC1C(C(=O)O)=CC=CC1(C(=O)O)c1c(O)cccc1O. The molecule has 1 aromatic rings. The average molecular weight is 405 g/mol. The number of hydrogen-bond donors (Lipinski definition) is 4. The van der Waals surface area contributed by atoms with Gasteiger partial charge < -0.3 is 25.3 Å². The molecule has 0 bridgehead atoms. The Hall–Kier alpha value is -3.62. The lowest BCUT2D eigenvalue weighted by atomic mass is 9.65. The topological polar surface area (TPSA) is 154 Å². The fraction of sp³-hybridized carbons (Fsp3) is 0.300. The number of carbonyl (C=O) groups excluding carboxylic acids is 1. The number of rotatable bonds is 4. The molecule has 1 aliphatic rings. The number of nitrogens with zero attached hydrogens (tertiary/aromatic N) is 1. The fourth-order valence-corrected chi connectivity index (χ4v) is 2.86. The van der Waals surface area contributed by atoms with Crippen LogP contribution in [-0.4, -0.2) is 44.0 Å². The van der Waals surface area contributed by atoms with Gasteiger partial charge in [0.1, 0.15) is 16.9 Å². The Balaban J connectivity index is 0.000000447. The quantitative estimate of drug-likeness (QED) is 0.339. The largest absolute Gasteiger partial charge is 0.507 e. The van der Waals surface area contributed by atoms with Crippen LogP contribution in [0.4, 0.5) is 0 Å². The molecule has 0 amide bonds. The van der Waals surface area contributed by atoms with Crippen LogP contribution in [0.25, 0.3) is 0 Å². The summed E-state index contributed by atoms with van der Waals surface area (Å²) in [5.74, 6) is -4.76. The number of phenolic OH excluding ortho intramolecular Hbond substituents is 2. The van der Waals surface area contributed by atoms with E-state index in [1.165, 1.54) is 50.3 Å². The molecule has 2 rings (SSSR count). The summed E-state index contributed by atoms with van der Waals surface area (Å²) in [6.45, 7) is 6.25. The molecule has 0 saturated carbocycles. The van der Waals surface area contributed by atoms with Gasteiger partial charge in [-0.3, -0.25) is 4.79 Å². The first-order chi connectivity index (χ1) is 13.4. The second-order valence-electron chi connectivity index (χ2n) is 6.47. The van der Waals surface area contributed by atoms with E-state index in [0.29, 0.717) is 0 Å². The predicted molar refractivity (Wildman–Crippen MR) is 104 cm³/mol. The van der Waals surface area contributed by atoms with E-state index in [1.807, 2.05) is 0 Å². The van der Waals surface area contributed by atoms with E-state index < -0.39 is 34.8 Å². The molecule has 1 aromatic carbocycles. The summed E-state index contributed by atoms with van der Waals surface area (Å²) in [7, 11) is 0. The number of carboxylic acids is 2. The van der Waals surface area contributed by atoms with Gasteiger partial charge in [0.2, 0.25) is 0 Å². The molecule has 4 N–H and O–H groups in total. The highest BCUT2D eigenvalue weighted by Crippen LogP contribution is 2.47. The van der Waals surface area contributed by atoms with Crippen LogP contribution in [-0.2, 0) is 24.6 Å². The predicted octanol–water partition coefficient (Wildman–Crippen LogP) is 2.58. The first-order valence-electron chi connectivity index (χ1n) is 8.51. The Morgan fingerprint density at radius 1 is 1.07 bits per heavy atom. The molecular formula is C20H23NO8. The molecule has 0 saturated heterocycles. The second-order valence-corrected chi connectivity index (χ2v) is 6.47. The van der Waals surface area contributed by atoms with Gasteiger partial charge in [0.15, 0.2) is 0 Å². The van der Waals surface area contributed by atoms with Crippen molar-refractivity contribution < 1.29 is 39.6 Å². The van der Waals surface area contributed by atoms with Crippen LogP contribution >= 0.6 is 0 Å². The molecule has 156 valence electrons. The summed E-state index contributed by atoms with van der Waals surface area (Å²) in [6.07, 6.45) is 3.90. The monoisotopic (exact) mass is 405 g/mol. The van der Waals surface area contributed by atoms with Crippen molar-refractivity contribution >= 4 is 23.6 Å². The van der Waals surface area contributed by atoms with Crippen molar-refractivity contribution in [2.24, 2.45) is 11.1 Å². The third kappa shape index (κ3) is 5.22. The molecule has 0 heterocycles. The number of hydrogen-bond acceptors (Lipinski definition) is 7. The Morgan fingerprint density at radius 3 is 2.00 bits per heavy atom. The fourth-order valence-electron chi connectivity index (χ4n) is 2.86. The van der Waals surface area contributed by atoms with Gasteiger partial charge in [-0.15, -0.1) is 0 Å². The van der Waals surface area contributed by atoms with Gasteiger partial charge in [-0.25, -0.2) is 9.59 Å². The molecule has 2 atom stereocenters. The van der Waals surface area contributed by atoms with Crippen LogP contribution < -0.4 is 0 Å². The summed E-state index contributed by atoms with van der Waals surface area (Å²) < 4.78 is 0. The van der Waals surface area contributed by atoms with Crippen molar-refractivity contribution in [3.63, 3.8) is 0 Å². The van der Waals surface area contributed by atoms with E-state index in [-0.39, 0.29) is 17.1 Å². The third-order valence-corrected chi connectivity index (χ3v) is 4.18. The molecule has 0 aliphatic heterocycles. The Labute approximate surface area is 167 Å². The van der Waals surface area contributed by atoms with Gasteiger partial charge in [0.05, 0.1) is 11.3 Å². The number of aliphatic carboxylic acids is 2. The van der Waals surface area contributed by atoms with Crippen molar-refractivity contribution in [2.75, 3.05) is 0 Å². The zero-order valence-electron chi connectivity index (χ0n) is 16.4. The average Bonchev–Trinajstić information content (AvgIpc) is 2.61. The van der Waals surface area contributed by atoms with Crippen LogP contribution in [0.2, 0.25) is 0 Å². The van der Waals surface area contributed by atoms with E-state index in [4.69, 9.17) is 0 Å². The summed E-state index contributed by atoms with van der Waals surface area (Å²) in [4.78, 5) is 37.4. The zero-order valence-corrected chi connectivity index (χ0v) is 16.4. The van der Waals surface area contributed by atoms with Crippen LogP contribution in [0.15, 0.2) is 47.2 Å². The van der Waals surface area contributed by atoms with Gasteiger partial charge in [-0.1, -0.05) is 36.4 Å². The molecule has 29 heavy (non-hydrogen) atoms. The molecule has 9 heteroatoms. The Morgan fingerprint density at radius 2 is 1.62 bits per heavy atom.